The van der Waals surface area contributed by atoms with Gasteiger partial charge in [0, 0.05) is 19.3 Å². The van der Waals surface area contributed by atoms with Crippen LogP contribution in [0.5, 0.6) is 0 Å². The molecule has 2 atom stereocenters. The molecule has 26 heavy (non-hydrogen) atoms. The number of alkyl halides is 3. The van der Waals surface area contributed by atoms with E-state index in [2.05, 4.69) is 0 Å². The Kier molecular flexibility index (Phi) is 3.57. The van der Waals surface area contributed by atoms with Gasteiger partial charge in [0.15, 0.2) is 0 Å². The molecular formula is C19H15F3N2O2. The van der Waals surface area contributed by atoms with Gasteiger partial charge in [-0.15, -0.1) is 0 Å². The number of benzene rings is 2. The third kappa shape index (κ3) is 2.38. The molecule has 4 rings (SSSR count). The topological polar surface area (TPSA) is 40.6 Å². The molecule has 2 aliphatic rings. The summed E-state index contributed by atoms with van der Waals surface area (Å²) in [6.07, 6.45) is -4.47. The highest BCUT2D eigenvalue weighted by Gasteiger charge is 2.52. The molecule has 0 radical (unpaired) electrons. The lowest BCUT2D eigenvalue weighted by molar-refractivity contribution is -0.137. The van der Waals surface area contributed by atoms with E-state index < -0.39 is 23.6 Å². The number of carbonyl (C=O) groups excluding carboxylic acids is 2. The van der Waals surface area contributed by atoms with Crippen molar-refractivity contribution < 1.29 is 22.8 Å². The molecule has 2 aromatic carbocycles. The van der Waals surface area contributed by atoms with Gasteiger partial charge in [0.25, 0.3) is 0 Å². The maximum atomic E-state index is 13.0. The molecule has 0 bridgehead atoms. The molecule has 4 nitrogen and oxygen atoms in total. The van der Waals surface area contributed by atoms with E-state index in [1.807, 2.05) is 36.2 Å². The van der Waals surface area contributed by atoms with Gasteiger partial charge < -0.3 is 4.90 Å². The standard InChI is InChI=1S/C19H15F3N2O2/c1-23-10-14-16(13-4-2-3-5-15(13)23)18(26)24(17(14)25)12-8-6-11(7-9-12)19(20,21)22/h2-9,14,16H,10H2,1H3/t14-,16+/m0/s1. The molecule has 0 aliphatic carbocycles. The highest BCUT2D eigenvalue weighted by molar-refractivity contribution is 6.24. The van der Waals surface area contributed by atoms with E-state index in [-0.39, 0.29) is 17.5 Å². The number of rotatable bonds is 1. The fourth-order valence-corrected chi connectivity index (χ4v) is 3.81. The molecule has 2 aliphatic heterocycles. The van der Waals surface area contributed by atoms with E-state index in [0.717, 1.165) is 28.3 Å². The number of para-hydroxylation sites is 1. The summed E-state index contributed by atoms with van der Waals surface area (Å²) in [6, 6.07) is 11.5. The van der Waals surface area contributed by atoms with Crippen LogP contribution in [0.25, 0.3) is 0 Å². The van der Waals surface area contributed by atoms with Crippen LogP contribution in [0.15, 0.2) is 48.5 Å². The second-order valence-corrected chi connectivity index (χ2v) is 6.58. The normalized spacial score (nSPS) is 22.5. The van der Waals surface area contributed by atoms with Gasteiger partial charge in [-0.3, -0.25) is 9.59 Å². The third-order valence-electron chi connectivity index (χ3n) is 5.03. The van der Waals surface area contributed by atoms with E-state index in [0.29, 0.717) is 6.54 Å². The highest BCUT2D eigenvalue weighted by Crippen LogP contribution is 2.45. The van der Waals surface area contributed by atoms with E-state index in [1.165, 1.54) is 12.1 Å². The summed E-state index contributed by atoms with van der Waals surface area (Å²) in [5.41, 5.74) is 1.02. The number of fused-ring (bicyclic) bond motifs is 3. The van der Waals surface area contributed by atoms with Crippen molar-refractivity contribution in [3.8, 4) is 0 Å². The average Bonchev–Trinajstić information content (AvgIpc) is 2.85. The van der Waals surface area contributed by atoms with Gasteiger partial charge in [0.1, 0.15) is 0 Å². The van der Waals surface area contributed by atoms with Crippen molar-refractivity contribution in [2.24, 2.45) is 5.92 Å². The van der Waals surface area contributed by atoms with Crippen molar-refractivity contribution in [3.05, 3.63) is 59.7 Å². The van der Waals surface area contributed by atoms with Crippen LogP contribution >= 0.6 is 0 Å². The maximum absolute atomic E-state index is 13.0. The second kappa shape index (κ2) is 5.59. The number of imide groups is 1. The summed E-state index contributed by atoms with van der Waals surface area (Å²) in [4.78, 5) is 28.8. The molecule has 2 aromatic rings. The van der Waals surface area contributed by atoms with Gasteiger partial charge in [-0.05, 0) is 35.9 Å². The van der Waals surface area contributed by atoms with Crippen molar-refractivity contribution in [3.63, 3.8) is 0 Å². The highest BCUT2D eigenvalue weighted by atomic mass is 19.4. The van der Waals surface area contributed by atoms with Crippen molar-refractivity contribution in [2.75, 3.05) is 23.4 Å². The number of anilines is 2. The van der Waals surface area contributed by atoms with Gasteiger partial charge in [-0.1, -0.05) is 18.2 Å². The lowest BCUT2D eigenvalue weighted by Gasteiger charge is -2.33. The summed E-state index contributed by atoms with van der Waals surface area (Å²) in [6.45, 7) is 0.392. The van der Waals surface area contributed by atoms with E-state index in [4.69, 9.17) is 0 Å². The number of hydrogen-bond donors (Lipinski definition) is 0. The molecule has 0 unspecified atom stereocenters. The first-order valence-corrected chi connectivity index (χ1v) is 8.14. The fraction of sp³-hybridized carbons (Fsp3) is 0.263. The van der Waals surface area contributed by atoms with Gasteiger partial charge in [0.05, 0.1) is 23.1 Å². The smallest absolute Gasteiger partial charge is 0.374 e. The van der Waals surface area contributed by atoms with Crippen LogP contribution < -0.4 is 9.80 Å². The zero-order chi connectivity index (χ0) is 18.6. The van der Waals surface area contributed by atoms with Gasteiger partial charge in [-0.2, -0.15) is 13.2 Å². The Bertz CT molecular complexity index is 892. The summed E-state index contributed by atoms with van der Waals surface area (Å²) < 4.78 is 38.2. The van der Waals surface area contributed by atoms with Gasteiger partial charge in [-0.25, -0.2) is 4.90 Å². The zero-order valence-corrected chi connectivity index (χ0v) is 13.8. The largest absolute Gasteiger partial charge is 0.416 e. The molecule has 0 saturated carbocycles. The number of amides is 2. The SMILES string of the molecule is CN1C[C@@H]2C(=O)N(c3ccc(C(F)(F)F)cc3)C(=O)[C@@H]2c2ccccc21. The van der Waals surface area contributed by atoms with Crippen LogP contribution in [0.2, 0.25) is 0 Å². The Morgan fingerprint density at radius 3 is 2.27 bits per heavy atom. The van der Waals surface area contributed by atoms with Gasteiger partial charge >= 0.3 is 6.18 Å². The summed E-state index contributed by atoms with van der Waals surface area (Å²) in [7, 11) is 1.85. The monoisotopic (exact) mass is 360 g/mol. The van der Waals surface area contributed by atoms with Crippen LogP contribution in [0.3, 0.4) is 0 Å². The molecule has 7 heteroatoms. The van der Waals surface area contributed by atoms with Crippen LogP contribution in [0.1, 0.15) is 17.0 Å². The van der Waals surface area contributed by atoms with Crippen molar-refractivity contribution >= 4 is 23.2 Å². The molecule has 2 amide bonds. The molecular weight excluding hydrogens is 345 g/mol. The molecule has 1 saturated heterocycles. The Balaban J connectivity index is 1.73. The Labute approximate surface area is 147 Å². The number of nitrogens with zero attached hydrogens (tertiary/aromatic N) is 2. The molecule has 134 valence electrons. The van der Waals surface area contributed by atoms with E-state index >= 15 is 0 Å². The van der Waals surface area contributed by atoms with Crippen molar-refractivity contribution in [1.29, 1.82) is 0 Å². The predicted octanol–water partition coefficient (Wildman–Crippen LogP) is 3.43. The quantitative estimate of drug-likeness (QED) is 0.732. The van der Waals surface area contributed by atoms with E-state index in [1.54, 1.807) is 0 Å². The Morgan fingerprint density at radius 2 is 1.62 bits per heavy atom. The number of halogens is 3. The first kappa shape index (κ1) is 16.6. The molecule has 0 spiro atoms. The van der Waals surface area contributed by atoms with Crippen LogP contribution in [-0.4, -0.2) is 25.4 Å². The van der Waals surface area contributed by atoms with Crippen molar-refractivity contribution in [2.45, 2.75) is 12.1 Å². The summed E-state index contributed by atoms with van der Waals surface area (Å²) in [5.74, 6) is -1.90. The lowest BCUT2D eigenvalue weighted by Crippen LogP contribution is -2.37. The van der Waals surface area contributed by atoms with Crippen LogP contribution in [-0.2, 0) is 15.8 Å². The Morgan fingerprint density at radius 1 is 0.962 bits per heavy atom. The minimum absolute atomic E-state index is 0.169. The lowest BCUT2D eigenvalue weighted by atomic mass is 9.83. The Hall–Kier alpha value is -2.83. The van der Waals surface area contributed by atoms with E-state index in [9.17, 15) is 22.8 Å². The zero-order valence-electron chi connectivity index (χ0n) is 13.8. The minimum Gasteiger partial charge on any atom is -0.374 e. The molecule has 1 fully saturated rings. The molecule has 2 heterocycles. The number of hydrogen-bond acceptors (Lipinski definition) is 3. The maximum Gasteiger partial charge on any atom is 0.416 e. The number of carbonyl (C=O) groups is 2. The molecule has 0 N–H and O–H groups in total. The van der Waals surface area contributed by atoms with Crippen LogP contribution in [0.4, 0.5) is 24.5 Å². The fourth-order valence-electron chi connectivity index (χ4n) is 3.81. The van der Waals surface area contributed by atoms with Gasteiger partial charge in [0.2, 0.25) is 11.8 Å². The predicted molar refractivity (Wildman–Crippen MR) is 89.9 cm³/mol. The average molecular weight is 360 g/mol. The first-order chi connectivity index (χ1) is 12.3. The second-order valence-electron chi connectivity index (χ2n) is 6.58. The van der Waals surface area contributed by atoms with Crippen LogP contribution in [0, 0.1) is 5.92 Å². The van der Waals surface area contributed by atoms with Crippen molar-refractivity contribution in [1.82, 2.24) is 0 Å². The summed E-state index contributed by atoms with van der Waals surface area (Å²) in [5, 5.41) is 0. The first-order valence-electron chi connectivity index (χ1n) is 8.14. The summed E-state index contributed by atoms with van der Waals surface area (Å²) >= 11 is 0. The molecule has 0 aromatic heterocycles. The third-order valence-corrected chi connectivity index (χ3v) is 5.03. The minimum atomic E-state index is -4.47.